The number of tetrazole rings is 1. The van der Waals surface area contributed by atoms with Crippen LogP contribution in [-0.4, -0.2) is 26.2 Å². The van der Waals surface area contributed by atoms with E-state index in [4.69, 9.17) is 4.74 Å². The van der Waals surface area contributed by atoms with Crippen LogP contribution in [0.4, 0.5) is 0 Å². The van der Waals surface area contributed by atoms with Gasteiger partial charge in [-0.25, -0.2) is 9.48 Å². The molecular formula is C21H14N4O2. The van der Waals surface area contributed by atoms with E-state index < -0.39 is 6.10 Å². The lowest BCUT2D eigenvalue weighted by Gasteiger charge is -2.15. The molecule has 6 nitrogen and oxygen atoms in total. The number of aromatic nitrogens is 4. The molecule has 0 aliphatic heterocycles. The first-order valence-electron chi connectivity index (χ1n) is 8.54. The topological polar surface area (TPSA) is 69.9 Å². The van der Waals surface area contributed by atoms with Gasteiger partial charge in [0, 0.05) is 11.1 Å². The van der Waals surface area contributed by atoms with Gasteiger partial charge in [-0.1, -0.05) is 48.5 Å². The maximum Gasteiger partial charge on any atom is 0.339 e. The van der Waals surface area contributed by atoms with Gasteiger partial charge in [0.2, 0.25) is 0 Å². The standard InChI is InChI=1S/C21H14N4O2/c26-21(14-9-11-15(12-10-14)25-13-22-23-24-25)27-20-18-7-3-1-5-16(18)17-6-2-4-8-19(17)20/h1-13,20H. The largest absolute Gasteiger partial charge is 0.449 e. The highest BCUT2D eigenvalue weighted by atomic mass is 16.5. The molecule has 1 heterocycles. The second kappa shape index (κ2) is 6.17. The molecule has 1 aromatic heterocycles. The van der Waals surface area contributed by atoms with Crippen LogP contribution in [0.2, 0.25) is 0 Å². The van der Waals surface area contributed by atoms with Crippen LogP contribution in [0.1, 0.15) is 27.6 Å². The summed E-state index contributed by atoms with van der Waals surface area (Å²) in [5.74, 6) is -0.366. The zero-order valence-electron chi connectivity index (χ0n) is 14.2. The van der Waals surface area contributed by atoms with Gasteiger partial charge in [-0.2, -0.15) is 0 Å². The van der Waals surface area contributed by atoms with Crippen LogP contribution in [0.15, 0.2) is 79.1 Å². The van der Waals surface area contributed by atoms with Crippen LogP contribution in [0.25, 0.3) is 16.8 Å². The molecule has 0 N–H and O–H groups in total. The van der Waals surface area contributed by atoms with Crippen molar-refractivity contribution in [2.45, 2.75) is 6.10 Å². The average Bonchev–Trinajstić information content (AvgIpc) is 3.36. The molecule has 4 aromatic rings. The lowest BCUT2D eigenvalue weighted by Crippen LogP contribution is -2.11. The van der Waals surface area contributed by atoms with E-state index in [-0.39, 0.29) is 5.97 Å². The summed E-state index contributed by atoms with van der Waals surface area (Å²) in [5.41, 5.74) is 5.50. The normalized spacial score (nSPS) is 12.4. The summed E-state index contributed by atoms with van der Waals surface area (Å²) in [4.78, 5) is 12.7. The Morgan fingerprint density at radius 1 is 0.852 bits per heavy atom. The van der Waals surface area contributed by atoms with Crippen molar-refractivity contribution < 1.29 is 9.53 Å². The number of rotatable bonds is 3. The number of benzene rings is 3. The molecular weight excluding hydrogens is 340 g/mol. The monoisotopic (exact) mass is 354 g/mol. The predicted molar refractivity (Wildman–Crippen MR) is 98.3 cm³/mol. The molecule has 130 valence electrons. The van der Waals surface area contributed by atoms with Crippen molar-refractivity contribution in [1.29, 1.82) is 0 Å². The Labute approximate surface area is 155 Å². The van der Waals surface area contributed by atoms with E-state index in [1.54, 1.807) is 24.3 Å². The van der Waals surface area contributed by atoms with Crippen LogP contribution >= 0.6 is 0 Å². The quantitative estimate of drug-likeness (QED) is 0.526. The molecule has 0 fully saturated rings. The Kier molecular flexibility index (Phi) is 3.53. The van der Waals surface area contributed by atoms with E-state index in [2.05, 4.69) is 27.7 Å². The number of carbonyl (C=O) groups excluding carboxylic acids is 1. The van der Waals surface area contributed by atoms with Crippen molar-refractivity contribution in [1.82, 2.24) is 20.2 Å². The van der Waals surface area contributed by atoms with Gasteiger partial charge in [0.05, 0.1) is 11.3 Å². The Morgan fingerprint density at radius 2 is 1.48 bits per heavy atom. The number of esters is 1. The lowest BCUT2D eigenvalue weighted by atomic mass is 10.1. The van der Waals surface area contributed by atoms with E-state index in [1.807, 2.05) is 36.4 Å². The zero-order valence-corrected chi connectivity index (χ0v) is 14.2. The summed E-state index contributed by atoms with van der Waals surface area (Å²) in [6, 6.07) is 23.0. The van der Waals surface area contributed by atoms with Crippen molar-refractivity contribution in [3.8, 4) is 16.8 Å². The summed E-state index contributed by atoms with van der Waals surface area (Å²) in [5, 5.41) is 11.0. The van der Waals surface area contributed by atoms with Gasteiger partial charge in [-0.15, -0.1) is 5.10 Å². The fourth-order valence-electron chi connectivity index (χ4n) is 3.44. The fourth-order valence-corrected chi connectivity index (χ4v) is 3.44. The Hall–Kier alpha value is -3.80. The molecule has 1 aliphatic carbocycles. The van der Waals surface area contributed by atoms with Gasteiger partial charge in [-0.05, 0) is 45.8 Å². The molecule has 6 heteroatoms. The summed E-state index contributed by atoms with van der Waals surface area (Å²) < 4.78 is 7.42. The van der Waals surface area contributed by atoms with Gasteiger partial charge in [0.25, 0.3) is 0 Å². The van der Waals surface area contributed by atoms with Gasteiger partial charge in [-0.3, -0.25) is 0 Å². The van der Waals surface area contributed by atoms with E-state index in [9.17, 15) is 4.79 Å². The molecule has 5 rings (SSSR count). The number of nitrogens with zero attached hydrogens (tertiary/aromatic N) is 4. The van der Waals surface area contributed by atoms with Crippen molar-refractivity contribution >= 4 is 5.97 Å². The molecule has 0 bridgehead atoms. The first kappa shape index (κ1) is 15.5. The van der Waals surface area contributed by atoms with E-state index in [1.165, 1.54) is 11.0 Å². The third kappa shape index (κ3) is 2.58. The van der Waals surface area contributed by atoms with Gasteiger partial charge in [0.1, 0.15) is 6.33 Å². The second-order valence-corrected chi connectivity index (χ2v) is 6.26. The van der Waals surface area contributed by atoms with E-state index in [0.717, 1.165) is 27.9 Å². The van der Waals surface area contributed by atoms with Crippen molar-refractivity contribution in [2.75, 3.05) is 0 Å². The first-order chi connectivity index (χ1) is 13.3. The van der Waals surface area contributed by atoms with Gasteiger partial charge < -0.3 is 4.74 Å². The lowest BCUT2D eigenvalue weighted by molar-refractivity contribution is 0.0386. The third-order valence-corrected chi connectivity index (χ3v) is 4.72. The average molecular weight is 354 g/mol. The number of carbonyl (C=O) groups is 1. The van der Waals surface area contributed by atoms with Crippen LogP contribution in [-0.2, 0) is 4.74 Å². The number of hydrogen-bond acceptors (Lipinski definition) is 5. The molecule has 0 spiro atoms. The second-order valence-electron chi connectivity index (χ2n) is 6.26. The highest BCUT2D eigenvalue weighted by Crippen LogP contribution is 2.45. The minimum Gasteiger partial charge on any atom is -0.449 e. The van der Waals surface area contributed by atoms with Gasteiger partial charge >= 0.3 is 5.97 Å². The molecule has 0 amide bonds. The van der Waals surface area contributed by atoms with Crippen molar-refractivity contribution in [3.63, 3.8) is 0 Å². The summed E-state index contributed by atoms with van der Waals surface area (Å²) in [6.07, 6.45) is 1.10. The maximum absolute atomic E-state index is 12.7. The molecule has 0 unspecified atom stereocenters. The SMILES string of the molecule is O=C(OC1c2ccccc2-c2ccccc21)c1ccc(-n2cnnn2)cc1. The van der Waals surface area contributed by atoms with Gasteiger partial charge in [0.15, 0.2) is 6.10 Å². The third-order valence-electron chi connectivity index (χ3n) is 4.72. The Bertz CT molecular complexity index is 1080. The molecule has 3 aromatic carbocycles. The number of hydrogen-bond donors (Lipinski definition) is 0. The highest BCUT2D eigenvalue weighted by molar-refractivity contribution is 5.91. The van der Waals surface area contributed by atoms with Crippen molar-refractivity contribution in [3.05, 3.63) is 95.8 Å². The first-order valence-corrected chi connectivity index (χ1v) is 8.54. The summed E-state index contributed by atoms with van der Waals surface area (Å²) in [6.45, 7) is 0. The van der Waals surface area contributed by atoms with Crippen LogP contribution in [0.3, 0.4) is 0 Å². The molecule has 0 saturated carbocycles. The minimum atomic E-state index is -0.399. The number of fused-ring (bicyclic) bond motifs is 3. The Balaban J connectivity index is 1.44. The molecule has 0 radical (unpaired) electrons. The minimum absolute atomic E-state index is 0.366. The Morgan fingerprint density at radius 3 is 2.07 bits per heavy atom. The summed E-state index contributed by atoms with van der Waals surface area (Å²) >= 11 is 0. The smallest absolute Gasteiger partial charge is 0.339 e. The molecule has 27 heavy (non-hydrogen) atoms. The van der Waals surface area contributed by atoms with Crippen molar-refractivity contribution in [2.24, 2.45) is 0 Å². The van der Waals surface area contributed by atoms with Crippen LogP contribution < -0.4 is 0 Å². The maximum atomic E-state index is 12.7. The van der Waals surface area contributed by atoms with Crippen LogP contribution in [0, 0.1) is 0 Å². The van der Waals surface area contributed by atoms with E-state index in [0.29, 0.717) is 5.56 Å². The summed E-state index contributed by atoms with van der Waals surface area (Å²) in [7, 11) is 0. The van der Waals surface area contributed by atoms with Crippen LogP contribution in [0.5, 0.6) is 0 Å². The molecule has 1 aliphatic rings. The molecule has 0 saturated heterocycles. The number of ether oxygens (including phenoxy) is 1. The predicted octanol–water partition coefficient (Wildman–Crippen LogP) is 3.59. The zero-order chi connectivity index (χ0) is 18.2. The van der Waals surface area contributed by atoms with E-state index >= 15 is 0 Å². The highest BCUT2D eigenvalue weighted by Gasteiger charge is 2.31. The molecule has 0 atom stereocenters. The fraction of sp³-hybridized carbons (Fsp3) is 0.0476.